The quantitative estimate of drug-likeness (QED) is 0.0824. The zero-order chi connectivity index (χ0) is 82.3. The molecule has 0 heterocycles. The van der Waals surface area contributed by atoms with E-state index >= 15 is 25.3 Å². The first kappa shape index (κ1) is 86.4. The van der Waals surface area contributed by atoms with E-state index < -0.39 is 76.0 Å². The molecule has 0 unspecified atom stereocenters. The van der Waals surface area contributed by atoms with E-state index in [9.17, 15) is 0 Å². The molecule has 0 radical (unpaired) electrons. The Morgan fingerprint density at radius 1 is 0.153 bits per heavy atom. The average molecular weight is 1610 g/mol. The van der Waals surface area contributed by atoms with Crippen molar-refractivity contribution in [3.8, 4) is 0 Å². The second-order valence-corrected chi connectivity index (χ2v) is 52.2. The molecule has 10 rings (SSSR count). The Balaban J connectivity index is 1.34. The van der Waals surface area contributed by atoms with Crippen molar-refractivity contribution in [2.45, 2.75) is 294 Å². The fraction of sp³-hybridized carbons (Fsp3) is 0.375. The zero-order valence-electron chi connectivity index (χ0n) is 70.6. The normalized spacial score (nSPS) is 14.3. The number of benzene rings is 10. The Kier molecular flexibility index (Phi) is 23.6. The highest BCUT2D eigenvalue weighted by molar-refractivity contribution is 8.34. The van der Waals surface area contributed by atoms with Crippen LogP contribution < -0.4 is 0 Å². The number of hydrogen-bond donors (Lipinski definition) is 0. The molecule has 10 aromatic rings. The van der Waals surface area contributed by atoms with Crippen LogP contribution in [0.2, 0.25) is 0 Å². The fourth-order valence-corrected chi connectivity index (χ4v) is 29.4. The third kappa shape index (κ3) is 18.4. The van der Waals surface area contributed by atoms with Crippen LogP contribution in [0, 0.1) is 0 Å². The maximum Gasteiger partial charge on any atom is 0.307 e. The number of rotatable bonds is 18. The van der Waals surface area contributed by atoms with Crippen LogP contribution in [0.3, 0.4) is 0 Å². The summed E-state index contributed by atoms with van der Waals surface area (Å²) in [6.45, 7) is 57.0. The van der Waals surface area contributed by atoms with E-state index in [-0.39, 0.29) is 48.7 Å². The molecule has 0 atom stereocenters. The zero-order valence-corrected chi connectivity index (χ0v) is 75.5. The van der Waals surface area contributed by atoms with Crippen molar-refractivity contribution in [2.75, 3.05) is 0 Å². The van der Waals surface area contributed by atoms with Gasteiger partial charge in [-0.3, -0.25) is 0 Å². The van der Waals surface area contributed by atoms with Gasteiger partial charge in [-0.25, -0.2) is 10.9 Å². The van der Waals surface area contributed by atoms with E-state index in [2.05, 4.69) is 187 Å². The first-order valence-electron chi connectivity index (χ1n) is 38.3. The molecule has 0 aromatic heterocycles. The molecule has 10 aromatic carbocycles. The first-order valence-corrected chi connectivity index (χ1v) is 47.2. The van der Waals surface area contributed by atoms with Crippen molar-refractivity contribution >= 4 is 61.3 Å². The highest BCUT2D eigenvalue weighted by Gasteiger charge is 2.46. The number of hydrogen-bond acceptors (Lipinski definition) is 9. The van der Waals surface area contributed by atoms with Crippen molar-refractivity contribution in [2.24, 2.45) is 0 Å². The van der Waals surface area contributed by atoms with Crippen molar-refractivity contribution in [3.05, 3.63) is 287 Å². The topological polar surface area (TPSA) is 130 Å². The molecular formula is C96H120O9S6. The largest absolute Gasteiger partial charge is 0.307 e. The molecular weight excluding hydrogens is 1490 g/mol. The summed E-state index contributed by atoms with van der Waals surface area (Å²) in [4.78, 5) is 2.24. The molecule has 0 aliphatic rings. The van der Waals surface area contributed by atoms with Gasteiger partial charge in [0.15, 0.2) is 0 Å². The molecule has 9 nitrogen and oxygen atoms in total. The summed E-state index contributed by atoms with van der Waals surface area (Å²) < 4.78 is 125. The van der Waals surface area contributed by atoms with Gasteiger partial charge in [0.2, 0.25) is 0 Å². The van der Waals surface area contributed by atoms with Crippen molar-refractivity contribution in [1.82, 2.24) is 0 Å². The maximum absolute atomic E-state index is 17.1. The third-order valence-corrected chi connectivity index (χ3v) is 36.2. The first-order chi connectivity index (χ1) is 50.8. The van der Waals surface area contributed by atoms with Gasteiger partial charge in [-0.1, -0.05) is 296 Å². The van der Waals surface area contributed by atoms with Gasteiger partial charge in [0.05, 0.1) is 14.7 Å². The lowest BCUT2D eigenvalue weighted by molar-refractivity contribution is 0.502. The Morgan fingerprint density at radius 2 is 0.243 bits per heavy atom. The maximum atomic E-state index is 17.1. The van der Waals surface area contributed by atoms with Crippen LogP contribution in [0.5, 0.6) is 0 Å². The highest BCUT2D eigenvalue weighted by atomic mass is 32.3. The van der Waals surface area contributed by atoms with E-state index in [1.807, 2.05) is 218 Å². The van der Waals surface area contributed by atoms with Crippen LogP contribution in [0.25, 0.3) is 0 Å². The van der Waals surface area contributed by atoms with Gasteiger partial charge in [0, 0.05) is 44.1 Å². The Labute approximate surface area is 673 Å². The van der Waals surface area contributed by atoms with Gasteiger partial charge in [0.25, 0.3) is 0 Å². The molecule has 0 saturated heterocycles. The Morgan fingerprint density at radius 3 is 0.324 bits per heavy atom. The van der Waals surface area contributed by atoms with Gasteiger partial charge < -0.3 is 0 Å². The Hall–Kier alpha value is -7.02. The minimum Gasteiger partial charge on any atom is -0.203 e. The molecule has 0 bridgehead atoms. The summed E-state index contributed by atoms with van der Waals surface area (Å²) in [6.07, 6.45) is 0. The summed E-state index contributed by atoms with van der Waals surface area (Å²) in [5.74, 6) is 0. The second kappa shape index (κ2) is 30.3. The van der Waals surface area contributed by atoms with Crippen LogP contribution in [0.15, 0.2) is 295 Å². The van der Waals surface area contributed by atoms with Crippen LogP contribution in [0.1, 0.15) is 237 Å². The monoisotopic (exact) mass is 1610 g/mol. The predicted molar refractivity (Wildman–Crippen MR) is 465 cm³/mol. The molecule has 0 fully saturated rings. The van der Waals surface area contributed by atoms with Gasteiger partial charge >= 0.3 is 30.4 Å². The van der Waals surface area contributed by atoms with Crippen LogP contribution >= 0.6 is 30.9 Å². The summed E-state index contributed by atoms with van der Waals surface area (Å²) in [7, 11) is -26.9. The van der Waals surface area contributed by atoms with Crippen LogP contribution in [-0.2, 0) is 90.0 Å². The lowest BCUT2D eigenvalue weighted by Crippen LogP contribution is -2.20. The van der Waals surface area contributed by atoms with Crippen molar-refractivity contribution in [3.63, 3.8) is 0 Å². The van der Waals surface area contributed by atoms with E-state index in [1.165, 1.54) is 0 Å². The highest BCUT2D eigenvalue weighted by Crippen LogP contribution is 2.74. The second-order valence-electron chi connectivity index (χ2n) is 38.8. The van der Waals surface area contributed by atoms with Gasteiger partial charge in [0.1, 0.15) is 0 Å². The molecule has 15 heteroatoms. The SMILES string of the molecule is CC(C)(C)c1ccc(S(OS(=O)(=O)c2cc(S(=O)(=O)OS(c3ccc(C(C)(C)C)cc3)(c3ccc(C(C)(C)C)cc3)c3ccc(C(C)(C)C)cc3)cc(S(=O)(=O)OS(c3ccc(C(C)(C)C)cc3)(c3ccc(C(C)(C)C)cc3)c3ccc(C(C)(C)C)cc3)c2)(c2ccc(C(C)(C)C)cc2)c2ccc(C(C)(C)C)cc2)cc1. The van der Waals surface area contributed by atoms with E-state index in [0.717, 1.165) is 68.3 Å². The smallest absolute Gasteiger partial charge is 0.203 e. The minimum absolute atomic E-state index is 0.313. The van der Waals surface area contributed by atoms with Gasteiger partial charge in [-0.15, -0.1) is 0 Å². The summed E-state index contributed by atoms with van der Waals surface area (Å²) in [5.41, 5.74) is 6.04. The lowest BCUT2D eigenvalue weighted by Gasteiger charge is -2.41. The molecule has 0 N–H and O–H groups in total. The van der Waals surface area contributed by atoms with Gasteiger partial charge in [-0.2, -0.15) is 25.3 Å². The average Bonchev–Trinajstić information content (AvgIpc) is 0.734. The summed E-state index contributed by atoms with van der Waals surface area (Å²) >= 11 is 0. The molecule has 0 amide bonds. The fourth-order valence-electron chi connectivity index (χ4n) is 13.4. The van der Waals surface area contributed by atoms with E-state index in [4.69, 9.17) is 10.9 Å². The predicted octanol–water partition coefficient (Wildman–Crippen LogP) is 27.2. The third-order valence-electron chi connectivity index (χ3n) is 20.8. The van der Waals surface area contributed by atoms with Crippen LogP contribution in [-0.4, -0.2) is 25.3 Å². The molecule has 0 aliphatic heterocycles. The van der Waals surface area contributed by atoms with Crippen molar-refractivity contribution < 1.29 is 36.1 Å². The molecule has 0 spiro atoms. The molecule has 111 heavy (non-hydrogen) atoms. The van der Waals surface area contributed by atoms with Crippen molar-refractivity contribution in [1.29, 1.82) is 0 Å². The summed E-state index contributed by atoms with van der Waals surface area (Å²) in [6, 6.07) is 73.2. The van der Waals surface area contributed by atoms with Crippen LogP contribution in [0.4, 0.5) is 0 Å². The minimum atomic E-state index is -5.45. The molecule has 594 valence electrons. The standard InChI is InChI=1S/C96H120O9S6/c1-88(2,3)67-28-46-76(47-29-67)106(77-48-30-68(31-49-77)89(4,5)6,78-50-32-69(33-51-78)90(7,8)9)103-109(97,98)85-64-86(110(99,100)104-107(79-52-34-70(35-53-79)91(10,11)12,80-54-36-71(37-55-80)92(13,14)15)81-56-38-72(39-57-81)93(16,17)18)66-87(65-85)111(101,102)105-108(82-58-40-73(41-59-82)94(19,20)21,83-60-42-74(43-61-83)95(22,23)24)84-62-44-75(45-63-84)96(25,26)27/h28-66H,1-27H3. The molecule has 0 aliphatic carbocycles. The lowest BCUT2D eigenvalue weighted by atomic mass is 9.87. The van der Waals surface area contributed by atoms with E-state index in [0.29, 0.717) is 44.1 Å². The Bertz CT molecular complexity index is 4350. The van der Waals surface area contributed by atoms with E-state index in [1.54, 1.807) is 0 Å². The summed E-state index contributed by atoms with van der Waals surface area (Å²) in [5, 5.41) is 0. The van der Waals surface area contributed by atoms with Gasteiger partial charge in [-0.05, 0) is 257 Å². The molecule has 0 saturated carbocycles.